The standard InChI is InChI=1S/C16H14IN3O2S/c1-23(21,22)12-5-3-11(4-6-12)20-16-13-8-10(17)2-7-15(13)19-9-14(16)18/h2-9H,18H2,1H3,(H,19,20). The minimum absolute atomic E-state index is 0.283. The number of nitrogens with zero attached hydrogens (tertiary/aromatic N) is 1. The molecule has 23 heavy (non-hydrogen) atoms. The molecule has 0 atom stereocenters. The van der Waals surface area contributed by atoms with E-state index in [1.165, 1.54) is 6.26 Å². The normalized spacial score (nSPS) is 11.6. The fraction of sp³-hybridized carbons (Fsp3) is 0.0625. The number of nitrogens with one attached hydrogen (secondary N) is 1. The number of hydrogen-bond acceptors (Lipinski definition) is 5. The molecule has 5 nitrogen and oxygen atoms in total. The van der Waals surface area contributed by atoms with Gasteiger partial charge in [-0.15, -0.1) is 0 Å². The van der Waals surface area contributed by atoms with E-state index in [0.717, 1.165) is 25.8 Å². The topological polar surface area (TPSA) is 85.1 Å². The van der Waals surface area contributed by atoms with Gasteiger partial charge < -0.3 is 11.1 Å². The number of nitrogen functional groups attached to an aromatic ring is 1. The Morgan fingerprint density at radius 1 is 1.13 bits per heavy atom. The number of aromatic nitrogens is 1. The van der Waals surface area contributed by atoms with E-state index in [-0.39, 0.29) is 4.90 Å². The molecule has 1 aromatic heterocycles. The molecule has 0 spiro atoms. The maximum absolute atomic E-state index is 11.5. The number of rotatable bonds is 3. The molecule has 3 aromatic rings. The molecule has 3 N–H and O–H groups in total. The van der Waals surface area contributed by atoms with Crippen LogP contribution in [0.2, 0.25) is 0 Å². The van der Waals surface area contributed by atoms with E-state index in [9.17, 15) is 8.42 Å². The summed E-state index contributed by atoms with van der Waals surface area (Å²) < 4.78 is 24.1. The van der Waals surface area contributed by atoms with Gasteiger partial charge in [0, 0.05) is 20.9 Å². The van der Waals surface area contributed by atoms with Crippen LogP contribution in [0.5, 0.6) is 0 Å². The first kappa shape index (κ1) is 16.0. The first-order valence-electron chi connectivity index (χ1n) is 6.75. The van der Waals surface area contributed by atoms with Crippen molar-refractivity contribution in [2.24, 2.45) is 0 Å². The predicted octanol–water partition coefficient (Wildman–Crippen LogP) is 3.57. The van der Waals surface area contributed by atoms with Gasteiger partial charge in [-0.3, -0.25) is 4.98 Å². The lowest BCUT2D eigenvalue weighted by Crippen LogP contribution is -2.00. The molecule has 2 aromatic carbocycles. The van der Waals surface area contributed by atoms with Gasteiger partial charge in [-0.1, -0.05) is 0 Å². The quantitative estimate of drug-likeness (QED) is 0.610. The number of pyridine rings is 1. The van der Waals surface area contributed by atoms with Gasteiger partial charge in [0.05, 0.1) is 28.0 Å². The number of benzene rings is 2. The molecule has 0 saturated heterocycles. The van der Waals surface area contributed by atoms with Gasteiger partial charge in [0.25, 0.3) is 0 Å². The molecule has 3 rings (SSSR count). The number of sulfone groups is 1. The highest BCUT2D eigenvalue weighted by molar-refractivity contribution is 14.1. The van der Waals surface area contributed by atoms with Crippen molar-refractivity contribution >= 4 is 60.4 Å². The molecule has 0 unspecified atom stereocenters. The van der Waals surface area contributed by atoms with E-state index >= 15 is 0 Å². The first-order valence-corrected chi connectivity index (χ1v) is 9.72. The summed E-state index contributed by atoms with van der Waals surface area (Å²) in [4.78, 5) is 4.61. The highest BCUT2D eigenvalue weighted by atomic mass is 127. The van der Waals surface area contributed by atoms with Gasteiger partial charge in [-0.2, -0.15) is 0 Å². The zero-order valence-electron chi connectivity index (χ0n) is 12.2. The summed E-state index contributed by atoms with van der Waals surface area (Å²) in [5.41, 5.74) is 8.96. The zero-order valence-corrected chi connectivity index (χ0v) is 15.2. The molecule has 0 fully saturated rings. The van der Waals surface area contributed by atoms with Crippen LogP contribution in [0, 0.1) is 3.57 Å². The molecule has 0 saturated carbocycles. The third kappa shape index (κ3) is 3.40. The molecule has 0 aliphatic heterocycles. The number of anilines is 3. The van der Waals surface area contributed by atoms with Crippen molar-refractivity contribution in [3.05, 3.63) is 52.2 Å². The maximum Gasteiger partial charge on any atom is 0.175 e. The minimum Gasteiger partial charge on any atom is -0.396 e. The van der Waals surface area contributed by atoms with Crippen molar-refractivity contribution in [3.8, 4) is 0 Å². The van der Waals surface area contributed by atoms with Gasteiger partial charge >= 0.3 is 0 Å². The molecule has 0 radical (unpaired) electrons. The Labute approximate surface area is 148 Å². The third-order valence-corrected chi connectivity index (χ3v) is 5.21. The summed E-state index contributed by atoms with van der Waals surface area (Å²) in [7, 11) is -3.20. The van der Waals surface area contributed by atoms with E-state index in [4.69, 9.17) is 5.73 Å². The molecule has 0 aliphatic carbocycles. The monoisotopic (exact) mass is 439 g/mol. The van der Waals surface area contributed by atoms with Crippen molar-refractivity contribution in [1.29, 1.82) is 0 Å². The lowest BCUT2D eigenvalue weighted by Gasteiger charge is -2.13. The number of halogens is 1. The zero-order chi connectivity index (χ0) is 16.6. The number of fused-ring (bicyclic) bond motifs is 1. The van der Waals surface area contributed by atoms with Crippen LogP contribution in [0.1, 0.15) is 0 Å². The second kappa shape index (κ2) is 5.97. The minimum atomic E-state index is -3.20. The van der Waals surface area contributed by atoms with Crippen LogP contribution in [-0.2, 0) is 9.84 Å². The molecular formula is C16H14IN3O2S. The predicted molar refractivity (Wildman–Crippen MR) is 102 cm³/mol. The van der Waals surface area contributed by atoms with E-state index in [0.29, 0.717) is 5.69 Å². The van der Waals surface area contributed by atoms with Crippen LogP contribution in [0.15, 0.2) is 53.6 Å². The van der Waals surface area contributed by atoms with Crippen molar-refractivity contribution in [2.75, 3.05) is 17.3 Å². The highest BCUT2D eigenvalue weighted by Gasteiger charge is 2.10. The second-order valence-electron chi connectivity index (χ2n) is 5.17. The molecular weight excluding hydrogens is 425 g/mol. The van der Waals surface area contributed by atoms with Crippen molar-refractivity contribution in [2.45, 2.75) is 4.90 Å². The van der Waals surface area contributed by atoms with Crippen molar-refractivity contribution in [1.82, 2.24) is 4.98 Å². The molecule has 1 heterocycles. The van der Waals surface area contributed by atoms with E-state index in [1.807, 2.05) is 18.2 Å². The van der Waals surface area contributed by atoms with E-state index in [2.05, 4.69) is 32.9 Å². The van der Waals surface area contributed by atoms with Crippen LogP contribution in [-0.4, -0.2) is 19.7 Å². The van der Waals surface area contributed by atoms with Gasteiger partial charge in [0.1, 0.15) is 0 Å². The fourth-order valence-corrected chi connectivity index (χ4v) is 3.37. The lowest BCUT2D eigenvalue weighted by molar-refractivity contribution is 0.602. The molecule has 7 heteroatoms. The lowest BCUT2D eigenvalue weighted by atomic mass is 10.1. The highest BCUT2D eigenvalue weighted by Crippen LogP contribution is 2.31. The summed E-state index contributed by atoms with van der Waals surface area (Å²) in [6.45, 7) is 0. The van der Waals surface area contributed by atoms with Crippen LogP contribution in [0.25, 0.3) is 10.9 Å². The summed E-state index contributed by atoms with van der Waals surface area (Å²) in [6.07, 6.45) is 2.80. The summed E-state index contributed by atoms with van der Waals surface area (Å²) in [5, 5.41) is 4.18. The first-order chi connectivity index (χ1) is 10.8. The Bertz CT molecular complexity index is 981. The summed E-state index contributed by atoms with van der Waals surface area (Å²) in [6, 6.07) is 12.5. The van der Waals surface area contributed by atoms with Crippen LogP contribution in [0.3, 0.4) is 0 Å². The number of hydrogen-bond donors (Lipinski definition) is 2. The van der Waals surface area contributed by atoms with E-state index < -0.39 is 9.84 Å². The average molecular weight is 439 g/mol. The van der Waals surface area contributed by atoms with Crippen molar-refractivity contribution in [3.63, 3.8) is 0 Å². The van der Waals surface area contributed by atoms with Crippen LogP contribution < -0.4 is 11.1 Å². The fourth-order valence-electron chi connectivity index (χ4n) is 2.25. The maximum atomic E-state index is 11.5. The third-order valence-electron chi connectivity index (χ3n) is 3.41. The SMILES string of the molecule is CS(=O)(=O)c1ccc(Nc2c(N)cnc3ccc(I)cc23)cc1. The Morgan fingerprint density at radius 2 is 1.83 bits per heavy atom. The van der Waals surface area contributed by atoms with Crippen LogP contribution >= 0.6 is 22.6 Å². The molecule has 0 bridgehead atoms. The van der Waals surface area contributed by atoms with Gasteiger partial charge in [-0.25, -0.2) is 8.42 Å². The molecule has 118 valence electrons. The average Bonchev–Trinajstić information content (AvgIpc) is 2.50. The summed E-state index contributed by atoms with van der Waals surface area (Å²) in [5.74, 6) is 0. The van der Waals surface area contributed by atoms with Gasteiger partial charge in [0.2, 0.25) is 0 Å². The summed E-state index contributed by atoms with van der Waals surface area (Å²) >= 11 is 2.24. The van der Waals surface area contributed by atoms with Crippen LogP contribution in [0.4, 0.5) is 17.1 Å². The van der Waals surface area contributed by atoms with Gasteiger partial charge in [-0.05, 0) is 65.1 Å². The Hall–Kier alpha value is -1.87. The smallest absolute Gasteiger partial charge is 0.175 e. The van der Waals surface area contributed by atoms with Crippen molar-refractivity contribution < 1.29 is 8.42 Å². The largest absolute Gasteiger partial charge is 0.396 e. The number of nitrogens with two attached hydrogens (primary N) is 1. The molecule has 0 aliphatic rings. The second-order valence-corrected chi connectivity index (χ2v) is 8.43. The van der Waals surface area contributed by atoms with E-state index in [1.54, 1.807) is 30.5 Å². The Kier molecular flexibility index (Phi) is 4.15. The Morgan fingerprint density at radius 3 is 2.48 bits per heavy atom. The Balaban J connectivity index is 2.04. The molecule has 0 amide bonds. The van der Waals surface area contributed by atoms with Gasteiger partial charge in [0.15, 0.2) is 9.84 Å².